The van der Waals surface area contributed by atoms with Crippen molar-refractivity contribution >= 4 is 17.3 Å². The Morgan fingerprint density at radius 3 is 2.34 bits per heavy atom. The third kappa shape index (κ3) is 3.55. The van der Waals surface area contributed by atoms with Crippen LogP contribution in [0.1, 0.15) is 44.2 Å². The highest BCUT2D eigenvalue weighted by atomic mass is 16.5. The lowest BCUT2D eigenvalue weighted by Gasteiger charge is -2.27. The molecule has 5 aromatic rings. The molecule has 0 saturated carbocycles. The van der Waals surface area contributed by atoms with Crippen molar-refractivity contribution in [3.63, 3.8) is 0 Å². The molecule has 1 atom stereocenters. The summed E-state index contributed by atoms with van der Waals surface area (Å²) in [7, 11) is 0. The third-order valence-corrected chi connectivity index (χ3v) is 7.32. The summed E-state index contributed by atoms with van der Waals surface area (Å²) < 4.78 is 8.13. The van der Waals surface area contributed by atoms with Crippen LogP contribution in [0, 0.1) is 6.92 Å². The first-order chi connectivity index (χ1) is 18.7. The Labute approximate surface area is 221 Å². The highest BCUT2D eigenvalue weighted by Crippen LogP contribution is 2.51. The number of para-hydroxylation sites is 1. The van der Waals surface area contributed by atoms with Crippen LogP contribution < -0.4 is 10.1 Å². The van der Waals surface area contributed by atoms with Crippen LogP contribution in [0.3, 0.4) is 0 Å². The molecule has 1 aliphatic carbocycles. The molecular weight excluding hydrogens is 470 g/mol. The Bertz CT molecular complexity index is 1720. The van der Waals surface area contributed by atoms with Crippen LogP contribution in [0.15, 0.2) is 115 Å². The number of carbonyl (C=O) groups is 1. The predicted molar refractivity (Wildman–Crippen MR) is 149 cm³/mol. The fourth-order valence-corrected chi connectivity index (χ4v) is 5.60. The number of benzene rings is 4. The Morgan fingerprint density at radius 1 is 0.842 bits per heavy atom. The lowest BCUT2D eigenvalue weighted by atomic mass is 9.81. The fraction of sp³-hybridized carbons (Fsp3) is 0.0909. The van der Waals surface area contributed by atoms with Gasteiger partial charge in [0.25, 0.3) is 0 Å². The van der Waals surface area contributed by atoms with Crippen LogP contribution >= 0.6 is 0 Å². The van der Waals surface area contributed by atoms with E-state index in [4.69, 9.17) is 9.84 Å². The minimum atomic E-state index is -0.279. The van der Waals surface area contributed by atoms with Gasteiger partial charge < -0.3 is 10.1 Å². The highest BCUT2D eigenvalue weighted by molar-refractivity contribution is 6.24. The van der Waals surface area contributed by atoms with Crippen molar-refractivity contribution in [1.82, 2.24) is 9.78 Å². The summed E-state index contributed by atoms with van der Waals surface area (Å²) in [5.41, 5.74) is 8.24. The Morgan fingerprint density at radius 2 is 1.55 bits per heavy atom. The molecule has 1 aromatic heterocycles. The van der Waals surface area contributed by atoms with Gasteiger partial charge in [0.05, 0.1) is 17.1 Å². The number of rotatable bonds is 5. The van der Waals surface area contributed by atoms with E-state index in [0.717, 1.165) is 62.0 Å². The average Bonchev–Trinajstić information content (AvgIpc) is 3.46. The molecular formula is C33H25N3O2. The zero-order valence-electron chi connectivity index (χ0n) is 20.9. The molecule has 0 spiro atoms. The number of ether oxygens (including phenoxy) is 1. The second-order valence-corrected chi connectivity index (χ2v) is 9.66. The predicted octanol–water partition coefficient (Wildman–Crippen LogP) is 6.92. The highest BCUT2D eigenvalue weighted by Gasteiger charge is 2.42. The quantitative estimate of drug-likeness (QED) is 0.287. The normalized spacial score (nSPS) is 15.5. The summed E-state index contributed by atoms with van der Waals surface area (Å²) >= 11 is 0. The molecule has 5 nitrogen and oxygen atoms in total. The van der Waals surface area contributed by atoms with Crippen LogP contribution in [0.2, 0.25) is 0 Å². The number of aromatic nitrogens is 2. The fourth-order valence-electron chi connectivity index (χ4n) is 5.60. The van der Waals surface area contributed by atoms with Crippen LogP contribution in [-0.2, 0) is 6.61 Å². The molecule has 1 unspecified atom stereocenters. The molecule has 184 valence electrons. The summed E-state index contributed by atoms with van der Waals surface area (Å²) in [5.74, 6) is 1.43. The van der Waals surface area contributed by atoms with Gasteiger partial charge in [0.2, 0.25) is 0 Å². The zero-order valence-corrected chi connectivity index (χ0v) is 20.9. The Balaban J connectivity index is 1.37. The van der Waals surface area contributed by atoms with Crippen molar-refractivity contribution in [2.24, 2.45) is 0 Å². The first kappa shape index (κ1) is 22.3. The van der Waals surface area contributed by atoms with Gasteiger partial charge in [0.1, 0.15) is 18.2 Å². The minimum absolute atomic E-state index is 0.0567. The molecule has 1 N–H and O–H groups in total. The molecule has 5 heteroatoms. The van der Waals surface area contributed by atoms with E-state index < -0.39 is 0 Å². The van der Waals surface area contributed by atoms with Crippen molar-refractivity contribution in [1.29, 1.82) is 0 Å². The van der Waals surface area contributed by atoms with Crippen LogP contribution in [0.5, 0.6) is 5.75 Å². The number of hydrogen-bond acceptors (Lipinski definition) is 4. The van der Waals surface area contributed by atoms with Gasteiger partial charge in [-0.2, -0.15) is 5.10 Å². The van der Waals surface area contributed by atoms with Gasteiger partial charge in [-0.25, -0.2) is 4.68 Å². The maximum Gasteiger partial charge on any atom is 0.192 e. The standard InChI is InChI=1S/C33H25N3O2/c1-21-28-29(23-13-10-16-25(19-23)38-20-22-11-4-2-5-12-22)30-31(26-17-8-9-18-27(26)32(30)37)34-33(28)36(35-21)24-14-6-3-7-15-24/h2-19,29,34H,20H2,1H3. The zero-order chi connectivity index (χ0) is 25.6. The third-order valence-electron chi connectivity index (χ3n) is 7.32. The smallest absolute Gasteiger partial charge is 0.192 e. The van der Waals surface area contributed by atoms with E-state index in [1.807, 2.05) is 96.5 Å². The largest absolute Gasteiger partial charge is 0.489 e. The van der Waals surface area contributed by atoms with Crippen molar-refractivity contribution < 1.29 is 9.53 Å². The maximum atomic E-state index is 13.9. The number of nitrogens with one attached hydrogen (secondary N) is 1. The SMILES string of the molecule is Cc1nn(-c2ccccc2)c2c1C(c1cccc(OCc3ccccc3)c1)C1=C(N2)c2ccccc2C1=O. The lowest BCUT2D eigenvalue weighted by molar-refractivity contribution is 0.103. The second-order valence-electron chi connectivity index (χ2n) is 9.66. The number of ketones is 1. The van der Waals surface area contributed by atoms with Crippen LogP contribution in [0.4, 0.5) is 5.82 Å². The monoisotopic (exact) mass is 495 g/mol. The maximum absolute atomic E-state index is 13.9. The van der Waals surface area contributed by atoms with Crippen molar-refractivity contribution in [2.45, 2.75) is 19.4 Å². The van der Waals surface area contributed by atoms with Crippen molar-refractivity contribution in [3.05, 3.63) is 148 Å². The molecule has 1 aliphatic heterocycles. The molecule has 2 aliphatic rings. The number of allylic oxidation sites excluding steroid dienone is 1. The van der Waals surface area contributed by atoms with E-state index in [9.17, 15) is 4.79 Å². The number of hydrogen-bond donors (Lipinski definition) is 1. The molecule has 7 rings (SSSR count). The van der Waals surface area contributed by atoms with E-state index >= 15 is 0 Å². The Kier molecular flexibility index (Phi) is 5.22. The molecule has 4 aromatic carbocycles. The van der Waals surface area contributed by atoms with Gasteiger partial charge in [-0.15, -0.1) is 0 Å². The summed E-state index contributed by atoms with van der Waals surface area (Å²) in [6, 6.07) is 36.1. The average molecular weight is 496 g/mol. The van der Waals surface area contributed by atoms with E-state index in [-0.39, 0.29) is 11.7 Å². The number of aryl methyl sites for hydroxylation is 1. The number of Topliss-reactive ketones (excluding diaryl/α,β-unsaturated/α-hetero) is 1. The van der Waals surface area contributed by atoms with Gasteiger partial charge in [0, 0.05) is 28.2 Å². The van der Waals surface area contributed by atoms with Gasteiger partial charge in [-0.1, -0.05) is 84.9 Å². The van der Waals surface area contributed by atoms with E-state index in [1.165, 1.54) is 0 Å². The molecule has 0 bridgehead atoms. The molecule has 38 heavy (non-hydrogen) atoms. The van der Waals surface area contributed by atoms with Crippen molar-refractivity contribution in [2.75, 3.05) is 5.32 Å². The Hall–Kier alpha value is -4.90. The molecule has 0 radical (unpaired) electrons. The molecule has 2 heterocycles. The van der Waals surface area contributed by atoms with Crippen LogP contribution in [0.25, 0.3) is 11.4 Å². The lowest BCUT2D eigenvalue weighted by Crippen LogP contribution is -2.20. The van der Waals surface area contributed by atoms with E-state index in [2.05, 4.69) is 29.6 Å². The number of nitrogens with zero attached hydrogens (tertiary/aromatic N) is 2. The second kappa shape index (κ2) is 8.89. The first-order valence-electron chi connectivity index (χ1n) is 12.8. The number of carbonyl (C=O) groups excluding carboxylic acids is 1. The summed E-state index contributed by atoms with van der Waals surface area (Å²) in [4.78, 5) is 13.9. The number of fused-ring (bicyclic) bond motifs is 3. The first-order valence-corrected chi connectivity index (χ1v) is 12.8. The van der Waals surface area contributed by atoms with Gasteiger partial charge in [-0.3, -0.25) is 4.79 Å². The molecule has 0 fully saturated rings. The topological polar surface area (TPSA) is 56.1 Å². The minimum Gasteiger partial charge on any atom is -0.489 e. The summed E-state index contributed by atoms with van der Waals surface area (Å²) in [6.07, 6.45) is 0. The summed E-state index contributed by atoms with van der Waals surface area (Å²) in [6.45, 7) is 2.49. The van der Waals surface area contributed by atoms with Gasteiger partial charge in [0.15, 0.2) is 5.78 Å². The van der Waals surface area contributed by atoms with Gasteiger partial charge >= 0.3 is 0 Å². The van der Waals surface area contributed by atoms with E-state index in [1.54, 1.807) is 0 Å². The van der Waals surface area contributed by atoms with Crippen LogP contribution in [-0.4, -0.2) is 15.6 Å². The number of anilines is 1. The summed E-state index contributed by atoms with van der Waals surface area (Å²) in [5, 5.41) is 8.55. The van der Waals surface area contributed by atoms with Gasteiger partial charge in [-0.05, 0) is 42.3 Å². The molecule has 0 saturated heterocycles. The van der Waals surface area contributed by atoms with E-state index in [0.29, 0.717) is 6.61 Å². The van der Waals surface area contributed by atoms with Crippen molar-refractivity contribution in [3.8, 4) is 11.4 Å². The molecule has 0 amide bonds.